The molecule has 0 aromatic carbocycles. The molecule has 0 radical (unpaired) electrons. The molecule has 0 spiro atoms. The number of Topliss-reactive ketones (excluding diaryl/α,β-unsaturated/α-hetero) is 1. The maximum absolute atomic E-state index is 12.4. The summed E-state index contributed by atoms with van der Waals surface area (Å²) in [6, 6.07) is 0. The van der Waals surface area contributed by atoms with E-state index in [0.717, 1.165) is 25.7 Å². The molecule has 0 saturated carbocycles. The normalized spacial score (nSPS) is 38.7. The molecule has 2 rings (SSSR count). The fraction of sp³-hybridized carbons (Fsp3) is 0.957. The first-order chi connectivity index (χ1) is 16.2. The first-order valence-corrected chi connectivity index (χ1v) is 12.3. The summed E-state index contributed by atoms with van der Waals surface area (Å²) in [5, 5.41) is 70.2. The van der Waals surface area contributed by atoms with Crippen LogP contribution in [-0.4, -0.2) is 116 Å². The quantitative estimate of drug-likeness (QED) is 0.143. The van der Waals surface area contributed by atoms with Crippen LogP contribution in [0.4, 0.5) is 0 Å². The second kappa shape index (κ2) is 14.7. The summed E-state index contributed by atoms with van der Waals surface area (Å²) < 4.78 is 16.4. The summed E-state index contributed by atoms with van der Waals surface area (Å²) in [5.74, 6) is -0.116. The second-order valence-electron chi connectivity index (χ2n) is 9.29. The van der Waals surface area contributed by atoms with Crippen LogP contribution in [-0.2, 0) is 19.0 Å². The molecule has 34 heavy (non-hydrogen) atoms. The molecular formula is C23H42O11. The molecule has 2 aliphatic heterocycles. The standard InChI is InChI=1S/C23H42O11/c1-2-3-4-5-6-7-8-9-13(26)10-14-17(27)20(30)22(16(12-25)32-14)34-23-21(31)19(29)18(28)15(11-24)33-23/h14-25,27-31H,2-12H2,1H3/t14-,15+,16+,17-,18-,19-,20+,21+,22+,23-/m0/s1. The van der Waals surface area contributed by atoms with Crippen LogP contribution in [0.3, 0.4) is 0 Å². The van der Waals surface area contributed by atoms with Crippen molar-refractivity contribution in [3.8, 4) is 0 Å². The van der Waals surface area contributed by atoms with Crippen molar-refractivity contribution < 1.29 is 54.8 Å². The van der Waals surface area contributed by atoms with Crippen molar-refractivity contribution in [1.29, 1.82) is 0 Å². The van der Waals surface area contributed by atoms with E-state index in [1.165, 1.54) is 19.3 Å². The van der Waals surface area contributed by atoms with Gasteiger partial charge in [0.1, 0.15) is 54.6 Å². The molecule has 0 amide bonds. The van der Waals surface area contributed by atoms with Crippen molar-refractivity contribution >= 4 is 5.78 Å². The first kappa shape index (κ1) is 29.5. The van der Waals surface area contributed by atoms with Gasteiger partial charge in [-0.25, -0.2) is 0 Å². The number of unbranched alkanes of at least 4 members (excludes halogenated alkanes) is 6. The highest BCUT2D eigenvalue weighted by molar-refractivity contribution is 5.78. The number of carbonyl (C=O) groups is 1. The van der Waals surface area contributed by atoms with Crippen LogP contribution in [0.25, 0.3) is 0 Å². The first-order valence-electron chi connectivity index (χ1n) is 12.3. The van der Waals surface area contributed by atoms with E-state index < -0.39 is 74.4 Å². The number of ketones is 1. The Balaban J connectivity index is 1.88. The Labute approximate surface area is 200 Å². The van der Waals surface area contributed by atoms with Crippen molar-refractivity contribution in [3.63, 3.8) is 0 Å². The summed E-state index contributed by atoms with van der Waals surface area (Å²) in [7, 11) is 0. The molecule has 2 aliphatic rings. The Bertz CT molecular complexity index is 587. The molecule has 11 heteroatoms. The molecule has 2 heterocycles. The second-order valence-corrected chi connectivity index (χ2v) is 9.29. The van der Waals surface area contributed by atoms with Crippen molar-refractivity contribution in [3.05, 3.63) is 0 Å². The van der Waals surface area contributed by atoms with Gasteiger partial charge in [0.05, 0.1) is 19.3 Å². The number of ether oxygens (including phenoxy) is 3. The lowest BCUT2D eigenvalue weighted by Crippen LogP contribution is -2.64. The van der Waals surface area contributed by atoms with E-state index in [4.69, 9.17) is 14.2 Å². The summed E-state index contributed by atoms with van der Waals surface area (Å²) in [5.41, 5.74) is 0. The Morgan fingerprint density at radius 2 is 1.29 bits per heavy atom. The van der Waals surface area contributed by atoms with Gasteiger partial charge < -0.3 is 50.0 Å². The molecule has 0 aromatic rings. The van der Waals surface area contributed by atoms with Gasteiger partial charge in [-0.3, -0.25) is 4.79 Å². The zero-order valence-corrected chi connectivity index (χ0v) is 19.8. The van der Waals surface area contributed by atoms with Crippen molar-refractivity contribution in [2.24, 2.45) is 0 Å². The van der Waals surface area contributed by atoms with Gasteiger partial charge in [-0.1, -0.05) is 45.4 Å². The van der Waals surface area contributed by atoms with E-state index in [1.807, 2.05) is 0 Å². The van der Waals surface area contributed by atoms with Crippen LogP contribution in [0, 0.1) is 0 Å². The van der Waals surface area contributed by atoms with E-state index in [-0.39, 0.29) is 12.2 Å². The van der Waals surface area contributed by atoms with E-state index in [1.54, 1.807) is 0 Å². The Hall–Kier alpha value is -0.730. The van der Waals surface area contributed by atoms with Gasteiger partial charge in [0.2, 0.25) is 0 Å². The lowest BCUT2D eigenvalue weighted by Gasteiger charge is -2.46. The highest BCUT2D eigenvalue weighted by Gasteiger charge is 2.50. The smallest absolute Gasteiger partial charge is 0.187 e. The van der Waals surface area contributed by atoms with Crippen molar-refractivity contribution in [1.82, 2.24) is 0 Å². The summed E-state index contributed by atoms with van der Waals surface area (Å²) in [4.78, 5) is 12.4. The van der Waals surface area contributed by atoms with Crippen LogP contribution >= 0.6 is 0 Å². The maximum atomic E-state index is 12.4. The molecule has 2 saturated heterocycles. The summed E-state index contributed by atoms with van der Waals surface area (Å²) >= 11 is 0. The fourth-order valence-corrected chi connectivity index (χ4v) is 4.44. The minimum atomic E-state index is -1.72. The number of hydrogen-bond donors (Lipinski definition) is 7. The average molecular weight is 495 g/mol. The third-order valence-electron chi connectivity index (χ3n) is 6.59. The van der Waals surface area contributed by atoms with Crippen LogP contribution in [0.15, 0.2) is 0 Å². The Morgan fingerprint density at radius 3 is 1.91 bits per heavy atom. The largest absolute Gasteiger partial charge is 0.394 e. The van der Waals surface area contributed by atoms with Crippen LogP contribution < -0.4 is 0 Å². The highest BCUT2D eigenvalue weighted by Crippen LogP contribution is 2.30. The summed E-state index contributed by atoms with van der Waals surface area (Å²) in [6.45, 7) is 0.875. The Kier molecular flexibility index (Phi) is 12.8. The monoisotopic (exact) mass is 494 g/mol. The summed E-state index contributed by atoms with van der Waals surface area (Å²) in [6.07, 6.45) is -6.75. The molecule has 7 N–H and O–H groups in total. The zero-order valence-electron chi connectivity index (χ0n) is 19.8. The van der Waals surface area contributed by atoms with Gasteiger partial charge in [-0.2, -0.15) is 0 Å². The topological polar surface area (TPSA) is 186 Å². The minimum Gasteiger partial charge on any atom is -0.394 e. The van der Waals surface area contributed by atoms with E-state index in [0.29, 0.717) is 6.42 Å². The van der Waals surface area contributed by atoms with Crippen molar-refractivity contribution in [2.45, 2.75) is 126 Å². The average Bonchev–Trinajstić information content (AvgIpc) is 2.83. The third kappa shape index (κ3) is 7.89. The molecule has 0 bridgehead atoms. The van der Waals surface area contributed by atoms with Gasteiger partial charge in [0.25, 0.3) is 0 Å². The van der Waals surface area contributed by atoms with Gasteiger partial charge in [-0.15, -0.1) is 0 Å². The molecule has 0 unspecified atom stereocenters. The van der Waals surface area contributed by atoms with Gasteiger partial charge in [-0.05, 0) is 6.42 Å². The van der Waals surface area contributed by atoms with E-state index in [2.05, 4.69) is 6.92 Å². The Morgan fingerprint density at radius 1 is 0.706 bits per heavy atom. The number of aliphatic hydroxyl groups excluding tert-OH is 7. The molecule has 11 nitrogen and oxygen atoms in total. The maximum Gasteiger partial charge on any atom is 0.187 e. The van der Waals surface area contributed by atoms with Crippen LogP contribution in [0.5, 0.6) is 0 Å². The number of aliphatic hydroxyl groups is 7. The zero-order chi connectivity index (χ0) is 25.3. The fourth-order valence-electron chi connectivity index (χ4n) is 4.44. The highest BCUT2D eigenvalue weighted by atomic mass is 16.7. The SMILES string of the molecule is CCCCCCCCCC(=O)C[C@@H]1O[C@H](CO)[C@@H](O[C@@H]2O[C@H](CO)[C@H](O)[C@H](O)[C@H]2O)[C@H](O)[C@H]1O. The predicted octanol–water partition coefficient (Wildman–Crippen LogP) is -1.25. The molecular weight excluding hydrogens is 452 g/mol. The minimum absolute atomic E-state index is 0.116. The third-order valence-corrected chi connectivity index (χ3v) is 6.59. The van der Waals surface area contributed by atoms with Gasteiger partial charge in [0.15, 0.2) is 6.29 Å². The van der Waals surface area contributed by atoms with E-state index in [9.17, 15) is 40.5 Å². The predicted molar refractivity (Wildman–Crippen MR) is 119 cm³/mol. The number of carbonyl (C=O) groups excluding carboxylic acids is 1. The lowest BCUT2D eigenvalue weighted by atomic mass is 9.91. The molecule has 2 fully saturated rings. The van der Waals surface area contributed by atoms with Gasteiger partial charge in [0, 0.05) is 12.8 Å². The molecule has 200 valence electrons. The lowest BCUT2D eigenvalue weighted by molar-refractivity contribution is -0.341. The molecule has 10 atom stereocenters. The number of hydrogen-bond acceptors (Lipinski definition) is 11. The van der Waals surface area contributed by atoms with Gasteiger partial charge >= 0.3 is 0 Å². The van der Waals surface area contributed by atoms with Crippen molar-refractivity contribution in [2.75, 3.05) is 13.2 Å². The van der Waals surface area contributed by atoms with Crippen LogP contribution in [0.2, 0.25) is 0 Å². The van der Waals surface area contributed by atoms with Crippen LogP contribution in [0.1, 0.15) is 64.7 Å². The number of rotatable bonds is 14. The van der Waals surface area contributed by atoms with E-state index >= 15 is 0 Å². The molecule has 0 aromatic heterocycles. The molecule has 0 aliphatic carbocycles.